The second-order valence-electron chi connectivity index (χ2n) is 7.92. The summed E-state index contributed by atoms with van der Waals surface area (Å²) in [5, 5.41) is 4.34. The first-order valence-electron chi connectivity index (χ1n) is 9.99. The minimum atomic E-state index is 0.362. The first-order valence-corrected chi connectivity index (χ1v) is 11.4. The van der Waals surface area contributed by atoms with E-state index in [9.17, 15) is 0 Å². The van der Waals surface area contributed by atoms with Crippen LogP contribution < -0.4 is 5.32 Å². The van der Waals surface area contributed by atoms with Gasteiger partial charge in [0.1, 0.15) is 0 Å². The number of piperidine rings is 1. The SMILES string of the molecule is CN[C@@H](CCN1CCC2(CC1)SCc1ccccc12)c1ccc(C)c(Cl)c1. The normalized spacial score (nSPS) is 20.0. The van der Waals surface area contributed by atoms with Crippen LogP contribution in [0.25, 0.3) is 0 Å². The highest BCUT2D eigenvalue weighted by atomic mass is 35.5. The van der Waals surface area contributed by atoms with Crippen LogP contribution in [0.15, 0.2) is 42.5 Å². The second-order valence-corrected chi connectivity index (χ2v) is 9.69. The fourth-order valence-electron chi connectivity index (χ4n) is 4.55. The number of benzene rings is 2. The molecule has 0 saturated carbocycles. The van der Waals surface area contributed by atoms with E-state index in [-0.39, 0.29) is 0 Å². The summed E-state index contributed by atoms with van der Waals surface area (Å²) in [5.74, 6) is 1.19. The van der Waals surface area contributed by atoms with Crippen molar-refractivity contribution in [2.45, 2.75) is 42.7 Å². The van der Waals surface area contributed by atoms with Gasteiger partial charge in [-0.3, -0.25) is 0 Å². The summed E-state index contributed by atoms with van der Waals surface area (Å²) in [4.78, 5) is 2.65. The van der Waals surface area contributed by atoms with Crippen LogP contribution in [0, 0.1) is 6.92 Å². The first kappa shape index (κ1) is 19.3. The Kier molecular flexibility index (Phi) is 5.84. The first-order chi connectivity index (χ1) is 13.1. The van der Waals surface area contributed by atoms with Crippen molar-refractivity contribution < 1.29 is 0 Å². The fraction of sp³-hybridized carbons (Fsp3) is 0.478. The molecular formula is C23H29ClN2S. The molecule has 2 aliphatic heterocycles. The van der Waals surface area contributed by atoms with Gasteiger partial charge in [-0.05, 0) is 81.2 Å². The molecule has 1 N–H and O–H groups in total. The topological polar surface area (TPSA) is 15.3 Å². The number of nitrogens with one attached hydrogen (secondary N) is 1. The van der Waals surface area contributed by atoms with Crippen LogP contribution in [-0.2, 0) is 10.5 Å². The van der Waals surface area contributed by atoms with Gasteiger partial charge >= 0.3 is 0 Å². The molecule has 2 aliphatic rings. The molecule has 1 fully saturated rings. The summed E-state index contributed by atoms with van der Waals surface area (Å²) in [7, 11) is 2.05. The third kappa shape index (κ3) is 3.93. The lowest BCUT2D eigenvalue weighted by atomic mass is 9.86. The third-order valence-electron chi connectivity index (χ3n) is 6.36. The number of nitrogens with zero attached hydrogens (tertiary/aromatic N) is 1. The molecule has 0 radical (unpaired) electrons. The van der Waals surface area contributed by atoms with Crippen molar-refractivity contribution in [3.8, 4) is 0 Å². The molecule has 2 aromatic rings. The maximum absolute atomic E-state index is 6.33. The van der Waals surface area contributed by atoms with Gasteiger partial charge in [0.2, 0.25) is 0 Å². The van der Waals surface area contributed by atoms with E-state index in [2.05, 4.69) is 78.4 Å². The van der Waals surface area contributed by atoms with Gasteiger partial charge < -0.3 is 10.2 Å². The number of hydrogen-bond donors (Lipinski definition) is 1. The second kappa shape index (κ2) is 8.16. The molecule has 1 saturated heterocycles. The van der Waals surface area contributed by atoms with E-state index in [1.807, 2.05) is 0 Å². The average Bonchev–Trinajstić information content (AvgIpc) is 3.05. The van der Waals surface area contributed by atoms with Crippen LogP contribution in [-0.4, -0.2) is 31.6 Å². The highest BCUT2D eigenvalue weighted by Gasteiger charge is 2.41. The average molecular weight is 401 g/mol. The molecule has 27 heavy (non-hydrogen) atoms. The predicted octanol–water partition coefficient (Wildman–Crippen LogP) is 5.54. The Balaban J connectivity index is 1.35. The van der Waals surface area contributed by atoms with Gasteiger partial charge in [0.05, 0.1) is 0 Å². The Hall–Kier alpha value is -1.00. The molecule has 2 nitrogen and oxygen atoms in total. The fourth-order valence-corrected chi connectivity index (χ4v) is 6.25. The molecule has 4 rings (SSSR count). The number of aryl methyl sites for hydroxylation is 1. The van der Waals surface area contributed by atoms with Gasteiger partial charge in [-0.1, -0.05) is 48.0 Å². The van der Waals surface area contributed by atoms with E-state index in [0.29, 0.717) is 10.8 Å². The Morgan fingerprint density at radius 1 is 1.19 bits per heavy atom. The van der Waals surface area contributed by atoms with E-state index in [1.165, 1.54) is 37.2 Å². The molecule has 144 valence electrons. The quantitative estimate of drug-likeness (QED) is 0.709. The zero-order valence-electron chi connectivity index (χ0n) is 16.3. The van der Waals surface area contributed by atoms with Crippen LogP contribution >= 0.6 is 23.4 Å². The van der Waals surface area contributed by atoms with E-state index >= 15 is 0 Å². The van der Waals surface area contributed by atoms with Crippen molar-refractivity contribution in [1.29, 1.82) is 0 Å². The van der Waals surface area contributed by atoms with Crippen molar-refractivity contribution in [2.24, 2.45) is 0 Å². The highest BCUT2D eigenvalue weighted by Crippen LogP contribution is 2.53. The predicted molar refractivity (Wildman–Crippen MR) is 118 cm³/mol. The number of rotatable bonds is 5. The third-order valence-corrected chi connectivity index (χ3v) is 8.40. The maximum Gasteiger partial charge on any atom is 0.0439 e. The summed E-state index contributed by atoms with van der Waals surface area (Å²) in [6.07, 6.45) is 3.66. The lowest BCUT2D eigenvalue weighted by Gasteiger charge is -2.40. The molecule has 4 heteroatoms. The number of likely N-dealkylation sites (tertiary alicyclic amines) is 1. The van der Waals surface area contributed by atoms with Crippen molar-refractivity contribution in [2.75, 3.05) is 26.7 Å². The van der Waals surface area contributed by atoms with Gasteiger partial charge in [0.15, 0.2) is 0 Å². The molecule has 0 aliphatic carbocycles. The lowest BCUT2D eigenvalue weighted by molar-refractivity contribution is 0.193. The summed E-state index contributed by atoms with van der Waals surface area (Å²) < 4.78 is 0.375. The molecule has 2 aromatic carbocycles. The van der Waals surface area contributed by atoms with E-state index in [0.717, 1.165) is 23.6 Å². The molecule has 1 spiro atoms. The molecule has 2 heterocycles. The Morgan fingerprint density at radius 2 is 1.96 bits per heavy atom. The van der Waals surface area contributed by atoms with Crippen molar-refractivity contribution in [1.82, 2.24) is 10.2 Å². The summed E-state index contributed by atoms with van der Waals surface area (Å²) in [5.41, 5.74) is 5.60. The molecule has 0 bridgehead atoms. The monoisotopic (exact) mass is 400 g/mol. The molecule has 0 aromatic heterocycles. The molecule has 0 amide bonds. The van der Waals surface area contributed by atoms with Gasteiger partial charge in [-0.25, -0.2) is 0 Å². The number of hydrogen-bond acceptors (Lipinski definition) is 3. The van der Waals surface area contributed by atoms with Crippen molar-refractivity contribution in [3.63, 3.8) is 0 Å². The number of halogens is 1. The van der Waals surface area contributed by atoms with Gasteiger partial charge in [-0.2, -0.15) is 0 Å². The van der Waals surface area contributed by atoms with Crippen LogP contribution in [0.4, 0.5) is 0 Å². The van der Waals surface area contributed by atoms with E-state index < -0.39 is 0 Å². The largest absolute Gasteiger partial charge is 0.313 e. The summed E-state index contributed by atoms with van der Waals surface area (Å²) in [6.45, 7) is 5.60. The van der Waals surface area contributed by atoms with Gasteiger partial charge in [0, 0.05) is 21.6 Å². The molecule has 0 unspecified atom stereocenters. The minimum Gasteiger partial charge on any atom is -0.313 e. The Morgan fingerprint density at radius 3 is 2.70 bits per heavy atom. The van der Waals surface area contributed by atoms with Crippen LogP contribution in [0.5, 0.6) is 0 Å². The van der Waals surface area contributed by atoms with E-state index in [1.54, 1.807) is 11.1 Å². The van der Waals surface area contributed by atoms with Crippen LogP contribution in [0.2, 0.25) is 5.02 Å². The zero-order valence-corrected chi connectivity index (χ0v) is 17.9. The maximum atomic E-state index is 6.33. The minimum absolute atomic E-state index is 0.362. The zero-order chi connectivity index (χ0) is 18.9. The number of thioether (sulfide) groups is 1. The molecular weight excluding hydrogens is 372 g/mol. The summed E-state index contributed by atoms with van der Waals surface area (Å²) in [6, 6.07) is 15.9. The van der Waals surface area contributed by atoms with Crippen LogP contribution in [0.3, 0.4) is 0 Å². The van der Waals surface area contributed by atoms with E-state index in [4.69, 9.17) is 11.6 Å². The van der Waals surface area contributed by atoms with Gasteiger partial charge in [-0.15, -0.1) is 11.8 Å². The van der Waals surface area contributed by atoms with Crippen molar-refractivity contribution >= 4 is 23.4 Å². The lowest BCUT2D eigenvalue weighted by Crippen LogP contribution is -2.41. The summed E-state index contributed by atoms with van der Waals surface area (Å²) >= 11 is 8.51. The Bertz CT molecular complexity index is 799. The Labute approximate surface area is 172 Å². The highest BCUT2D eigenvalue weighted by molar-refractivity contribution is 7.99. The van der Waals surface area contributed by atoms with Gasteiger partial charge in [0.25, 0.3) is 0 Å². The smallest absolute Gasteiger partial charge is 0.0439 e. The number of fused-ring (bicyclic) bond motifs is 2. The van der Waals surface area contributed by atoms with Crippen molar-refractivity contribution in [3.05, 3.63) is 69.7 Å². The van der Waals surface area contributed by atoms with Crippen LogP contribution in [0.1, 0.15) is 47.6 Å². The molecule has 1 atom stereocenters. The standard InChI is InChI=1S/C23H29ClN2S/c1-17-7-8-18(15-21(17)24)22(25-2)9-12-26-13-10-23(11-14-26)20-6-4-3-5-19(20)16-27-23/h3-8,15,22,25H,9-14,16H2,1-2H3/t22-/m0/s1.